The van der Waals surface area contributed by atoms with Gasteiger partial charge in [0.05, 0.1) is 5.56 Å². The van der Waals surface area contributed by atoms with Gasteiger partial charge in [0.25, 0.3) is 0 Å². The quantitative estimate of drug-likeness (QED) is 0.498. The van der Waals surface area contributed by atoms with E-state index in [0.717, 1.165) is 0 Å². The lowest BCUT2D eigenvalue weighted by molar-refractivity contribution is 0.0962. The fraction of sp³-hybridized carbons (Fsp3) is 0.0588. The summed E-state index contributed by atoms with van der Waals surface area (Å²) in [5.41, 5.74) is 1.53. The zero-order valence-corrected chi connectivity index (χ0v) is 11.2. The Hall–Kier alpha value is -3.08. The van der Waals surface area contributed by atoms with Crippen LogP contribution in [0.4, 0.5) is 0 Å². The minimum atomic E-state index is -0.275. The molecule has 5 nitrogen and oxygen atoms in total. The first-order valence-corrected chi connectivity index (χ1v) is 6.78. The lowest BCUT2D eigenvalue weighted by Crippen LogP contribution is -2.19. The topological polar surface area (TPSA) is 65.7 Å². The molecule has 5 heteroatoms. The first-order chi connectivity index (χ1) is 10.7. The van der Waals surface area contributed by atoms with Crippen LogP contribution in [0.3, 0.4) is 0 Å². The number of hydrogen-bond donors (Lipinski definition) is 0. The van der Waals surface area contributed by atoms with Crippen molar-refractivity contribution in [1.29, 1.82) is 0 Å². The highest BCUT2D eigenvalue weighted by Gasteiger charge is 2.35. The van der Waals surface area contributed by atoms with Crippen LogP contribution in [0.1, 0.15) is 32.0 Å². The minimum Gasteiger partial charge on any atom is -0.454 e. The van der Waals surface area contributed by atoms with Crippen LogP contribution < -0.4 is 9.47 Å². The molecule has 0 unspecified atom stereocenters. The molecule has 0 bridgehead atoms. The van der Waals surface area contributed by atoms with Crippen molar-refractivity contribution in [3.05, 3.63) is 58.8 Å². The van der Waals surface area contributed by atoms with Crippen LogP contribution in [-0.4, -0.2) is 18.4 Å². The molecule has 0 radical (unpaired) electrons. The molecule has 0 saturated heterocycles. The van der Waals surface area contributed by atoms with Crippen LogP contribution in [0.15, 0.2) is 40.8 Å². The maximum absolute atomic E-state index is 12.7. The fourth-order valence-electron chi connectivity index (χ4n) is 3.01. The summed E-state index contributed by atoms with van der Waals surface area (Å²) in [7, 11) is 0. The standard InChI is InChI=1S/C17H8O5/c18-15-8-3-1-2-4-9(8)16(19)17-14(15)10-5-12-13(21-7-20-12)6-11(10)22-17/h1-6H,7H2. The second kappa shape index (κ2) is 3.76. The molecule has 0 spiro atoms. The molecule has 5 rings (SSSR count). The van der Waals surface area contributed by atoms with E-state index in [9.17, 15) is 9.59 Å². The highest BCUT2D eigenvalue weighted by molar-refractivity contribution is 6.31. The van der Waals surface area contributed by atoms with Crippen molar-refractivity contribution in [3.63, 3.8) is 0 Å². The van der Waals surface area contributed by atoms with Gasteiger partial charge in [0.2, 0.25) is 12.6 Å². The van der Waals surface area contributed by atoms with Crippen LogP contribution in [0.25, 0.3) is 11.0 Å². The molecule has 1 aliphatic carbocycles. The third kappa shape index (κ3) is 1.28. The number of carbonyl (C=O) groups is 2. The summed E-state index contributed by atoms with van der Waals surface area (Å²) in [5, 5.41) is 0.576. The first-order valence-electron chi connectivity index (χ1n) is 6.78. The molecule has 0 fully saturated rings. The number of ketones is 2. The average Bonchev–Trinajstić information content (AvgIpc) is 3.14. The number of fused-ring (bicyclic) bond motifs is 5. The summed E-state index contributed by atoms with van der Waals surface area (Å²) in [4.78, 5) is 25.3. The number of ether oxygens (including phenoxy) is 2. The van der Waals surface area contributed by atoms with Gasteiger partial charge in [-0.05, 0) is 6.07 Å². The van der Waals surface area contributed by atoms with E-state index >= 15 is 0 Å². The summed E-state index contributed by atoms with van der Waals surface area (Å²) >= 11 is 0. The molecule has 2 aromatic carbocycles. The van der Waals surface area contributed by atoms with E-state index in [1.165, 1.54) is 0 Å². The van der Waals surface area contributed by atoms with Gasteiger partial charge in [-0.15, -0.1) is 0 Å². The molecule has 0 N–H and O–H groups in total. The van der Waals surface area contributed by atoms with Crippen LogP contribution in [0.5, 0.6) is 11.5 Å². The lowest BCUT2D eigenvalue weighted by Gasteiger charge is -2.12. The molecule has 3 aromatic rings. The Morgan fingerprint density at radius 1 is 0.864 bits per heavy atom. The third-order valence-electron chi connectivity index (χ3n) is 4.03. The molecule has 0 atom stereocenters. The molecule has 0 amide bonds. The molecule has 1 aliphatic heterocycles. The predicted molar refractivity (Wildman–Crippen MR) is 75.6 cm³/mol. The summed E-state index contributed by atoms with van der Waals surface area (Å²) < 4.78 is 16.3. The Morgan fingerprint density at radius 3 is 2.32 bits per heavy atom. The van der Waals surface area contributed by atoms with E-state index in [2.05, 4.69) is 0 Å². The summed E-state index contributed by atoms with van der Waals surface area (Å²) in [6, 6.07) is 10.1. The van der Waals surface area contributed by atoms with Gasteiger partial charge in [-0.1, -0.05) is 24.3 Å². The Bertz CT molecular complexity index is 996. The number of benzene rings is 2. The van der Waals surface area contributed by atoms with Crippen molar-refractivity contribution >= 4 is 22.5 Å². The molecule has 2 aliphatic rings. The van der Waals surface area contributed by atoms with E-state index in [1.54, 1.807) is 36.4 Å². The van der Waals surface area contributed by atoms with Gasteiger partial charge < -0.3 is 13.9 Å². The highest BCUT2D eigenvalue weighted by Crippen LogP contribution is 2.41. The van der Waals surface area contributed by atoms with Crippen molar-refractivity contribution in [3.8, 4) is 11.5 Å². The molecule has 22 heavy (non-hydrogen) atoms. The number of rotatable bonds is 0. The van der Waals surface area contributed by atoms with Crippen LogP contribution in [-0.2, 0) is 0 Å². The highest BCUT2D eigenvalue weighted by atomic mass is 16.7. The van der Waals surface area contributed by atoms with Gasteiger partial charge in [0.15, 0.2) is 23.0 Å². The lowest BCUT2D eigenvalue weighted by atomic mass is 9.87. The number of hydrogen-bond acceptors (Lipinski definition) is 5. The molecule has 2 heterocycles. The van der Waals surface area contributed by atoms with Gasteiger partial charge in [-0.3, -0.25) is 9.59 Å². The largest absolute Gasteiger partial charge is 0.454 e. The Morgan fingerprint density at radius 2 is 1.55 bits per heavy atom. The van der Waals surface area contributed by atoms with E-state index in [0.29, 0.717) is 39.2 Å². The summed E-state index contributed by atoms with van der Waals surface area (Å²) in [6.07, 6.45) is 0. The maximum Gasteiger partial charge on any atom is 0.231 e. The van der Waals surface area contributed by atoms with Crippen molar-refractivity contribution in [2.24, 2.45) is 0 Å². The van der Waals surface area contributed by atoms with Crippen molar-refractivity contribution < 1.29 is 23.5 Å². The van der Waals surface area contributed by atoms with Gasteiger partial charge in [0, 0.05) is 22.6 Å². The van der Waals surface area contributed by atoms with E-state index in [4.69, 9.17) is 13.9 Å². The SMILES string of the molecule is O=C1c2ccccc2C(=O)c2c1oc1cc3c(cc21)OCO3. The monoisotopic (exact) mass is 292 g/mol. The fourth-order valence-corrected chi connectivity index (χ4v) is 3.01. The first kappa shape index (κ1) is 11.6. The molecule has 0 saturated carbocycles. The molecule has 106 valence electrons. The van der Waals surface area contributed by atoms with Gasteiger partial charge in [-0.2, -0.15) is 0 Å². The Kier molecular flexibility index (Phi) is 1.98. The zero-order valence-electron chi connectivity index (χ0n) is 11.2. The number of furan rings is 1. The zero-order chi connectivity index (χ0) is 14.8. The predicted octanol–water partition coefficient (Wildman–Crippen LogP) is 2.94. The molecule has 1 aromatic heterocycles. The Balaban J connectivity index is 1.86. The summed E-state index contributed by atoms with van der Waals surface area (Å²) in [6.45, 7) is 0.139. The van der Waals surface area contributed by atoms with E-state index in [-0.39, 0.29) is 24.1 Å². The summed E-state index contributed by atoms with van der Waals surface area (Å²) in [5.74, 6) is 0.708. The normalized spacial score (nSPS) is 15.1. The Labute approximate surface area is 124 Å². The van der Waals surface area contributed by atoms with Crippen LogP contribution in [0, 0.1) is 0 Å². The maximum atomic E-state index is 12.7. The van der Waals surface area contributed by atoms with Crippen molar-refractivity contribution in [2.75, 3.05) is 6.79 Å². The minimum absolute atomic E-state index is 0.0855. The van der Waals surface area contributed by atoms with Crippen molar-refractivity contribution in [2.45, 2.75) is 0 Å². The van der Waals surface area contributed by atoms with Gasteiger partial charge >= 0.3 is 0 Å². The number of carbonyl (C=O) groups excluding carboxylic acids is 2. The van der Waals surface area contributed by atoms with Gasteiger partial charge in [0.1, 0.15) is 5.58 Å². The second-order valence-electron chi connectivity index (χ2n) is 5.21. The third-order valence-corrected chi connectivity index (χ3v) is 4.03. The van der Waals surface area contributed by atoms with Gasteiger partial charge in [-0.25, -0.2) is 0 Å². The van der Waals surface area contributed by atoms with Crippen LogP contribution in [0.2, 0.25) is 0 Å². The van der Waals surface area contributed by atoms with Crippen LogP contribution >= 0.6 is 0 Å². The molecular formula is C17H8O5. The second-order valence-corrected chi connectivity index (χ2v) is 5.21. The van der Waals surface area contributed by atoms with E-state index in [1.807, 2.05) is 0 Å². The van der Waals surface area contributed by atoms with Crippen molar-refractivity contribution in [1.82, 2.24) is 0 Å². The smallest absolute Gasteiger partial charge is 0.231 e. The average molecular weight is 292 g/mol. The van der Waals surface area contributed by atoms with E-state index < -0.39 is 0 Å². The molecular weight excluding hydrogens is 284 g/mol.